The molecule has 0 aliphatic carbocycles. The van der Waals surface area contributed by atoms with Gasteiger partial charge >= 0.3 is 0 Å². The molecule has 110 valence electrons. The summed E-state index contributed by atoms with van der Waals surface area (Å²) >= 11 is 23.4. The van der Waals surface area contributed by atoms with E-state index in [2.05, 4.69) is 5.32 Å². The molecule has 0 fully saturated rings. The van der Waals surface area contributed by atoms with E-state index in [1.807, 2.05) is 0 Å². The van der Waals surface area contributed by atoms with Crippen molar-refractivity contribution in [2.24, 2.45) is 0 Å². The number of benzene rings is 2. The molecule has 0 atom stereocenters. The van der Waals surface area contributed by atoms with Gasteiger partial charge in [0.1, 0.15) is 5.82 Å². The minimum atomic E-state index is -0.609. The SMILES string of the molecule is Nc1cc(C(=O)Nc2c(Cl)cc(F)cc2Cl)cc(Cl)c1Cl. The van der Waals surface area contributed by atoms with Crippen molar-refractivity contribution in [3.8, 4) is 0 Å². The van der Waals surface area contributed by atoms with E-state index in [1.165, 1.54) is 12.1 Å². The summed E-state index contributed by atoms with van der Waals surface area (Å²) in [5.41, 5.74) is 6.05. The molecule has 3 N–H and O–H groups in total. The Balaban J connectivity index is 2.35. The van der Waals surface area contributed by atoms with Gasteiger partial charge < -0.3 is 11.1 Å². The van der Waals surface area contributed by atoms with Crippen molar-refractivity contribution < 1.29 is 9.18 Å². The molecule has 0 saturated heterocycles. The van der Waals surface area contributed by atoms with Crippen LogP contribution >= 0.6 is 46.4 Å². The topological polar surface area (TPSA) is 55.1 Å². The lowest BCUT2D eigenvalue weighted by Crippen LogP contribution is -2.13. The molecular weight excluding hydrogens is 361 g/mol. The lowest BCUT2D eigenvalue weighted by molar-refractivity contribution is 0.102. The fraction of sp³-hybridized carbons (Fsp3) is 0. The predicted octanol–water partition coefficient (Wildman–Crippen LogP) is 5.27. The standard InChI is InChI=1S/C13H7Cl4FN2O/c14-7-1-5(2-10(19)11(7)17)13(21)20-12-8(15)3-6(18)4-9(12)16/h1-4H,19H2,(H,20,21). The maximum absolute atomic E-state index is 13.1. The van der Waals surface area contributed by atoms with Crippen LogP contribution in [0.2, 0.25) is 20.1 Å². The highest BCUT2D eigenvalue weighted by Crippen LogP contribution is 2.33. The smallest absolute Gasteiger partial charge is 0.255 e. The fourth-order valence-corrected chi connectivity index (χ4v) is 2.48. The maximum Gasteiger partial charge on any atom is 0.255 e. The van der Waals surface area contributed by atoms with Crippen LogP contribution < -0.4 is 11.1 Å². The van der Waals surface area contributed by atoms with E-state index in [4.69, 9.17) is 52.1 Å². The average Bonchev–Trinajstić information content (AvgIpc) is 2.39. The summed E-state index contributed by atoms with van der Waals surface area (Å²) in [4.78, 5) is 12.1. The second kappa shape index (κ2) is 6.28. The van der Waals surface area contributed by atoms with Crippen LogP contribution in [0.25, 0.3) is 0 Å². The largest absolute Gasteiger partial charge is 0.397 e. The van der Waals surface area contributed by atoms with Crippen LogP contribution in [0.1, 0.15) is 10.4 Å². The van der Waals surface area contributed by atoms with Crippen LogP contribution in [-0.2, 0) is 0 Å². The molecule has 0 aliphatic rings. The number of carbonyl (C=O) groups excluding carboxylic acids is 1. The fourth-order valence-electron chi connectivity index (χ4n) is 1.59. The summed E-state index contributed by atoms with van der Waals surface area (Å²) in [6.45, 7) is 0. The van der Waals surface area contributed by atoms with Crippen molar-refractivity contribution in [3.05, 3.63) is 55.7 Å². The third-order valence-electron chi connectivity index (χ3n) is 2.56. The van der Waals surface area contributed by atoms with E-state index < -0.39 is 11.7 Å². The molecule has 0 unspecified atom stereocenters. The monoisotopic (exact) mass is 366 g/mol. The number of nitrogens with two attached hydrogens (primary N) is 1. The molecular formula is C13H7Cl4FN2O. The molecule has 2 rings (SSSR count). The summed E-state index contributed by atoms with van der Waals surface area (Å²) in [7, 11) is 0. The molecule has 0 bridgehead atoms. The van der Waals surface area contributed by atoms with Gasteiger partial charge in [0, 0.05) is 5.56 Å². The van der Waals surface area contributed by atoms with Gasteiger partial charge in [0.25, 0.3) is 5.91 Å². The van der Waals surface area contributed by atoms with Crippen LogP contribution in [0, 0.1) is 5.82 Å². The first-order valence-corrected chi connectivity index (χ1v) is 7.01. The van der Waals surface area contributed by atoms with Crippen LogP contribution in [-0.4, -0.2) is 5.91 Å². The van der Waals surface area contributed by atoms with Gasteiger partial charge in [-0.3, -0.25) is 4.79 Å². The lowest BCUT2D eigenvalue weighted by atomic mass is 10.2. The van der Waals surface area contributed by atoms with Gasteiger partial charge in [-0.1, -0.05) is 46.4 Å². The highest BCUT2D eigenvalue weighted by atomic mass is 35.5. The minimum Gasteiger partial charge on any atom is -0.397 e. The second-order valence-electron chi connectivity index (χ2n) is 4.06. The molecule has 8 heteroatoms. The molecule has 0 saturated carbocycles. The van der Waals surface area contributed by atoms with Crippen LogP contribution in [0.15, 0.2) is 24.3 Å². The van der Waals surface area contributed by atoms with E-state index >= 15 is 0 Å². The van der Waals surface area contributed by atoms with Crippen molar-refractivity contribution in [3.63, 3.8) is 0 Å². The first-order valence-electron chi connectivity index (χ1n) is 5.50. The quantitative estimate of drug-likeness (QED) is 0.710. The first-order chi connectivity index (χ1) is 9.79. The van der Waals surface area contributed by atoms with Gasteiger partial charge in [-0.2, -0.15) is 0 Å². The number of rotatable bonds is 2. The zero-order valence-electron chi connectivity index (χ0n) is 10.2. The number of amides is 1. The Kier molecular flexibility index (Phi) is 4.84. The highest BCUT2D eigenvalue weighted by Gasteiger charge is 2.15. The zero-order chi connectivity index (χ0) is 15.7. The predicted molar refractivity (Wildman–Crippen MR) is 85.2 cm³/mol. The number of nitrogen functional groups attached to an aromatic ring is 1. The van der Waals surface area contributed by atoms with E-state index in [9.17, 15) is 9.18 Å². The highest BCUT2D eigenvalue weighted by molar-refractivity contribution is 6.44. The van der Waals surface area contributed by atoms with E-state index in [-0.39, 0.29) is 37.0 Å². The molecule has 0 radical (unpaired) electrons. The lowest BCUT2D eigenvalue weighted by Gasteiger charge is -2.11. The summed E-state index contributed by atoms with van der Waals surface area (Å²) in [5, 5.41) is 2.71. The molecule has 2 aromatic carbocycles. The Bertz CT molecular complexity index is 690. The number of nitrogens with one attached hydrogen (secondary N) is 1. The molecule has 0 aromatic heterocycles. The molecule has 0 spiro atoms. The van der Waals surface area contributed by atoms with E-state index in [0.717, 1.165) is 12.1 Å². The number of hydrogen-bond donors (Lipinski definition) is 2. The Morgan fingerprint density at radius 2 is 1.57 bits per heavy atom. The summed E-state index contributed by atoms with van der Waals surface area (Å²) in [6, 6.07) is 4.77. The third-order valence-corrected chi connectivity index (χ3v) is 3.98. The molecule has 2 aromatic rings. The Labute approximate surface area is 139 Å². The summed E-state index contributed by atoms with van der Waals surface area (Å²) in [5.74, 6) is -1.17. The second-order valence-corrected chi connectivity index (χ2v) is 5.66. The number of hydrogen-bond acceptors (Lipinski definition) is 2. The molecule has 0 heterocycles. The van der Waals surface area contributed by atoms with Gasteiger partial charge in [0.2, 0.25) is 0 Å². The van der Waals surface area contributed by atoms with Crippen LogP contribution in [0.5, 0.6) is 0 Å². The van der Waals surface area contributed by atoms with Gasteiger partial charge in [-0.05, 0) is 24.3 Å². The van der Waals surface area contributed by atoms with Crippen LogP contribution in [0.4, 0.5) is 15.8 Å². The average molecular weight is 368 g/mol. The molecule has 0 aliphatic heterocycles. The van der Waals surface area contributed by atoms with Gasteiger partial charge in [-0.15, -0.1) is 0 Å². The Morgan fingerprint density at radius 3 is 2.10 bits per heavy atom. The Morgan fingerprint density at radius 1 is 1.00 bits per heavy atom. The third kappa shape index (κ3) is 3.52. The number of anilines is 2. The Hall–Kier alpha value is -1.20. The summed E-state index contributed by atoms with van der Waals surface area (Å²) in [6.07, 6.45) is 0. The van der Waals surface area contributed by atoms with Crippen LogP contribution in [0.3, 0.4) is 0 Å². The first kappa shape index (κ1) is 16.2. The molecule has 21 heavy (non-hydrogen) atoms. The van der Waals surface area contributed by atoms with E-state index in [1.54, 1.807) is 0 Å². The zero-order valence-corrected chi connectivity index (χ0v) is 13.2. The normalized spacial score (nSPS) is 10.5. The number of carbonyl (C=O) groups is 1. The van der Waals surface area contributed by atoms with Crippen molar-refractivity contribution >= 4 is 63.7 Å². The molecule has 1 amide bonds. The van der Waals surface area contributed by atoms with Gasteiger partial charge in [0.05, 0.1) is 31.5 Å². The van der Waals surface area contributed by atoms with Crippen molar-refractivity contribution in [1.82, 2.24) is 0 Å². The maximum atomic E-state index is 13.1. The van der Waals surface area contributed by atoms with Crippen molar-refractivity contribution in [2.45, 2.75) is 0 Å². The minimum absolute atomic E-state index is 0.0265. The van der Waals surface area contributed by atoms with Gasteiger partial charge in [-0.25, -0.2) is 4.39 Å². The van der Waals surface area contributed by atoms with Crippen molar-refractivity contribution in [1.29, 1.82) is 0 Å². The van der Waals surface area contributed by atoms with Gasteiger partial charge in [0.15, 0.2) is 0 Å². The number of halogens is 5. The molecule has 3 nitrogen and oxygen atoms in total. The summed E-state index contributed by atoms with van der Waals surface area (Å²) < 4.78 is 13.1. The van der Waals surface area contributed by atoms with E-state index in [0.29, 0.717) is 0 Å². The van der Waals surface area contributed by atoms with Crippen molar-refractivity contribution in [2.75, 3.05) is 11.1 Å².